The van der Waals surface area contributed by atoms with Gasteiger partial charge in [-0.05, 0) is 48.9 Å². The van der Waals surface area contributed by atoms with Crippen molar-refractivity contribution in [1.29, 1.82) is 0 Å². The van der Waals surface area contributed by atoms with Crippen LogP contribution in [0.25, 0.3) is 0 Å². The second-order valence-corrected chi connectivity index (χ2v) is 5.80. The SMILES string of the molecule is Cc1cc(C)c(NC(=O)c2scc(C)c2Cl)cc1N. The first-order chi connectivity index (χ1) is 8.90. The number of thiophene rings is 1. The van der Waals surface area contributed by atoms with Gasteiger partial charge in [0.1, 0.15) is 4.88 Å². The fraction of sp³-hybridized carbons (Fsp3) is 0.214. The Hall–Kier alpha value is -1.52. The van der Waals surface area contributed by atoms with E-state index >= 15 is 0 Å². The average molecular weight is 295 g/mol. The third kappa shape index (κ3) is 2.74. The van der Waals surface area contributed by atoms with Gasteiger partial charge in [-0.25, -0.2) is 0 Å². The maximum atomic E-state index is 12.2. The summed E-state index contributed by atoms with van der Waals surface area (Å²) in [4.78, 5) is 12.7. The minimum Gasteiger partial charge on any atom is -0.398 e. The van der Waals surface area contributed by atoms with E-state index in [0.717, 1.165) is 22.4 Å². The summed E-state index contributed by atoms with van der Waals surface area (Å²) in [5.74, 6) is -0.200. The number of anilines is 2. The molecule has 1 amide bonds. The van der Waals surface area contributed by atoms with Crippen LogP contribution in [-0.4, -0.2) is 5.91 Å². The van der Waals surface area contributed by atoms with E-state index in [1.165, 1.54) is 11.3 Å². The molecule has 5 heteroatoms. The highest BCUT2D eigenvalue weighted by Gasteiger charge is 2.15. The molecule has 100 valence electrons. The Kier molecular flexibility index (Phi) is 3.83. The lowest BCUT2D eigenvalue weighted by Crippen LogP contribution is -2.12. The number of rotatable bonds is 2. The van der Waals surface area contributed by atoms with Crippen LogP contribution in [-0.2, 0) is 0 Å². The van der Waals surface area contributed by atoms with E-state index in [1.54, 1.807) is 6.07 Å². The topological polar surface area (TPSA) is 55.1 Å². The van der Waals surface area contributed by atoms with E-state index in [1.807, 2.05) is 32.2 Å². The van der Waals surface area contributed by atoms with Gasteiger partial charge in [-0.15, -0.1) is 11.3 Å². The van der Waals surface area contributed by atoms with Crippen molar-refractivity contribution in [2.24, 2.45) is 0 Å². The first-order valence-electron chi connectivity index (χ1n) is 5.81. The summed E-state index contributed by atoms with van der Waals surface area (Å²) in [6.45, 7) is 5.75. The number of amides is 1. The minimum atomic E-state index is -0.200. The number of halogens is 1. The van der Waals surface area contributed by atoms with Crippen LogP contribution in [0, 0.1) is 20.8 Å². The van der Waals surface area contributed by atoms with Crippen LogP contribution in [0.3, 0.4) is 0 Å². The minimum absolute atomic E-state index is 0.200. The number of aryl methyl sites for hydroxylation is 3. The van der Waals surface area contributed by atoms with Crippen molar-refractivity contribution in [1.82, 2.24) is 0 Å². The second-order valence-electron chi connectivity index (χ2n) is 4.54. The molecule has 1 aromatic heterocycles. The molecule has 1 aromatic carbocycles. The number of carbonyl (C=O) groups excluding carboxylic acids is 1. The Labute approximate surface area is 121 Å². The standard InChI is InChI=1S/C14H15ClN2OS/c1-7-4-8(2)11(5-10(7)16)17-14(18)13-12(15)9(3)6-19-13/h4-6H,16H2,1-3H3,(H,17,18). The van der Waals surface area contributed by atoms with Crippen molar-refractivity contribution in [2.75, 3.05) is 11.1 Å². The number of carbonyl (C=O) groups is 1. The zero-order chi connectivity index (χ0) is 14.2. The third-order valence-electron chi connectivity index (χ3n) is 2.97. The quantitative estimate of drug-likeness (QED) is 0.817. The molecule has 0 unspecified atom stereocenters. The molecular formula is C14H15ClN2OS. The van der Waals surface area contributed by atoms with Gasteiger partial charge in [-0.1, -0.05) is 17.7 Å². The van der Waals surface area contributed by atoms with Crippen molar-refractivity contribution in [3.05, 3.63) is 44.1 Å². The van der Waals surface area contributed by atoms with Crippen molar-refractivity contribution in [3.8, 4) is 0 Å². The molecule has 0 aliphatic carbocycles. The molecule has 0 aliphatic rings. The Balaban J connectivity index is 2.29. The number of benzene rings is 1. The van der Waals surface area contributed by atoms with E-state index in [2.05, 4.69) is 5.32 Å². The molecular weight excluding hydrogens is 280 g/mol. The van der Waals surface area contributed by atoms with Crippen LogP contribution in [0.15, 0.2) is 17.5 Å². The molecule has 0 saturated carbocycles. The molecule has 0 aliphatic heterocycles. The molecule has 0 bridgehead atoms. The molecule has 2 aromatic rings. The van der Waals surface area contributed by atoms with E-state index in [-0.39, 0.29) is 5.91 Å². The average Bonchev–Trinajstić information content (AvgIpc) is 2.67. The highest BCUT2D eigenvalue weighted by molar-refractivity contribution is 7.13. The van der Waals surface area contributed by atoms with Crippen molar-refractivity contribution in [3.63, 3.8) is 0 Å². The summed E-state index contributed by atoms with van der Waals surface area (Å²) in [7, 11) is 0. The molecule has 3 N–H and O–H groups in total. The molecule has 3 nitrogen and oxygen atoms in total. The first kappa shape index (κ1) is 13.9. The van der Waals surface area contributed by atoms with Gasteiger partial charge in [-0.2, -0.15) is 0 Å². The van der Waals surface area contributed by atoms with E-state index in [4.69, 9.17) is 17.3 Å². The van der Waals surface area contributed by atoms with Gasteiger partial charge in [0.15, 0.2) is 0 Å². The summed E-state index contributed by atoms with van der Waals surface area (Å²) in [6.07, 6.45) is 0. The van der Waals surface area contributed by atoms with E-state index < -0.39 is 0 Å². The van der Waals surface area contributed by atoms with Gasteiger partial charge in [-0.3, -0.25) is 4.79 Å². The summed E-state index contributed by atoms with van der Waals surface area (Å²) >= 11 is 7.43. The third-order valence-corrected chi connectivity index (χ3v) is 4.66. The monoisotopic (exact) mass is 294 g/mol. The van der Waals surface area contributed by atoms with Gasteiger partial charge in [0.2, 0.25) is 0 Å². The summed E-state index contributed by atoms with van der Waals surface area (Å²) in [6, 6.07) is 3.73. The predicted octanol–water partition coefficient (Wildman–Crippen LogP) is 4.16. The first-order valence-corrected chi connectivity index (χ1v) is 7.07. The smallest absolute Gasteiger partial charge is 0.267 e. The van der Waals surface area contributed by atoms with Gasteiger partial charge >= 0.3 is 0 Å². The largest absolute Gasteiger partial charge is 0.398 e. The molecule has 0 radical (unpaired) electrons. The fourth-order valence-corrected chi connectivity index (χ4v) is 2.94. The van der Waals surface area contributed by atoms with Crippen LogP contribution in [0.2, 0.25) is 5.02 Å². The Bertz CT molecular complexity index is 649. The number of nitrogens with one attached hydrogen (secondary N) is 1. The van der Waals surface area contributed by atoms with Gasteiger partial charge in [0.05, 0.1) is 5.02 Å². The van der Waals surface area contributed by atoms with Crippen molar-refractivity contribution < 1.29 is 4.79 Å². The number of hydrogen-bond acceptors (Lipinski definition) is 3. The lowest BCUT2D eigenvalue weighted by atomic mass is 10.1. The molecule has 0 saturated heterocycles. The zero-order valence-electron chi connectivity index (χ0n) is 11.0. The summed E-state index contributed by atoms with van der Waals surface area (Å²) < 4.78 is 0. The summed E-state index contributed by atoms with van der Waals surface area (Å²) in [5.41, 5.74) is 10.1. The van der Waals surface area contributed by atoms with Crippen molar-refractivity contribution >= 4 is 40.2 Å². The maximum absolute atomic E-state index is 12.2. The molecule has 2 rings (SSSR count). The number of nitrogens with two attached hydrogens (primary N) is 1. The van der Waals surface area contributed by atoms with Gasteiger partial charge in [0.25, 0.3) is 5.91 Å². The molecule has 0 atom stereocenters. The highest BCUT2D eigenvalue weighted by Crippen LogP contribution is 2.29. The van der Waals surface area contributed by atoms with Crippen LogP contribution in [0.4, 0.5) is 11.4 Å². The van der Waals surface area contributed by atoms with Crippen LogP contribution < -0.4 is 11.1 Å². The highest BCUT2D eigenvalue weighted by atomic mass is 35.5. The van der Waals surface area contributed by atoms with E-state index in [0.29, 0.717) is 15.6 Å². The van der Waals surface area contributed by atoms with Crippen molar-refractivity contribution in [2.45, 2.75) is 20.8 Å². The number of nitrogen functional groups attached to an aromatic ring is 1. The predicted molar refractivity (Wildman–Crippen MR) is 82.3 cm³/mol. The van der Waals surface area contributed by atoms with E-state index in [9.17, 15) is 4.79 Å². The second kappa shape index (κ2) is 5.23. The fourth-order valence-electron chi connectivity index (χ4n) is 1.77. The lowest BCUT2D eigenvalue weighted by molar-refractivity contribution is 0.103. The van der Waals surface area contributed by atoms with Gasteiger partial charge < -0.3 is 11.1 Å². The Morgan fingerprint density at radius 2 is 1.89 bits per heavy atom. The number of hydrogen-bond donors (Lipinski definition) is 2. The van der Waals surface area contributed by atoms with Crippen LogP contribution >= 0.6 is 22.9 Å². The lowest BCUT2D eigenvalue weighted by Gasteiger charge is -2.10. The van der Waals surface area contributed by atoms with Gasteiger partial charge in [0, 0.05) is 11.4 Å². The molecule has 19 heavy (non-hydrogen) atoms. The molecule has 0 spiro atoms. The maximum Gasteiger partial charge on any atom is 0.267 e. The summed E-state index contributed by atoms with van der Waals surface area (Å²) in [5, 5.41) is 5.24. The molecule has 1 heterocycles. The Morgan fingerprint density at radius 3 is 2.47 bits per heavy atom. The zero-order valence-corrected chi connectivity index (χ0v) is 12.6. The molecule has 0 fully saturated rings. The van der Waals surface area contributed by atoms with Crippen LogP contribution in [0.5, 0.6) is 0 Å². The van der Waals surface area contributed by atoms with Crippen LogP contribution in [0.1, 0.15) is 26.4 Å². The Morgan fingerprint density at radius 1 is 1.21 bits per heavy atom. The normalized spacial score (nSPS) is 10.5.